The van der Waals surface area contributed by atoms with E-state index >= 15 is 0 Å². The summed E-state index contributed by atoms with van der Waals surface area (Å²) < 4.78 is 44.4. The summed E-state index contributed by atoms with van der Waals surface area (Å²) in [5, 5.41) is 0. The van der Waals surface area contributed by atoms with Crippen molar-refractivity contribution in [3.05, 3.63) is 23.9 Å². The van der Waals surface area contributed by atoms with Crippen molar-refractivity contribution in [3.63, 3.8) is 0 Å². The Morgan fingerprint density at radius 3 is 2.47 bits per heavy atom. The van der Waals surface area contributed by atoms with E-state index < -0.39 is 24.5 Å². The highest BCUT2D eigenvalue weighted by atomic mass is 19.4. The zero-order chi connectivity index (χ0) is 14.5. The van der Waals surface area contributed by atoms with E-state index in [1.165, 1.54) is 6.92 Å². The molecule has 19 heavy (non-hydrogen) atoms. The summed E-state index contributed by atoms with van der Waals surface area (Å²) >= 11 is 0. The molecule has 0 aliphatic heterocycles. The Morgan fingerprint density at radius 2 is 2.00 bits per heavy atom. The van der Waals surface area contributed by atoms with Gasteiger partial charge in [0.25, 0.3) is 5.78 Å². The highest BCUT2D eigenvalue weighted by molar-refractivity contribution is 6.40. The van der Waals surface area contributed by atoms with Crippen molar-refractivity contribution in [2.24, 2.45) is 0 Å². The van der Waals surface area contributed by atoms with Gasteiger partial charge >= 0.3 is 12.1 Å². The molecular weight excluding hydrogens is 267 g/mol. The summed E-state index contributed by atoms with van der Waals surface area (Å²) in [6.07, 6.45) is -3.52. The highest BCUT2D eigenvalue weighted by Crippen LogP contribution is 2.17. The Labute approximate surface area is 106 Å². The van der Waals surface area contributed by atoms with Crippen molar-refractivity contribution in [3.8, 4) is 5.88 Å². The summed E-state index contributed by atoms with van der Waals surface area (Å²) in [6, 6.07) is 2.20. The minimum atomic E-state index is -4.47. The molecule has 0 spiro atoms. The van der Waals surface area contributed by atoms with Crippen LogP contribution in [0.2, 0.25) is 0 Å². The number of halogens is 3. The smallest absolute Gasteiger partial charge is 0.422 e. The van der Waals surface area contributed by atoms with Crippen molar-refractivity contribution in [1.82, 2.24) is 4.98 Å². The fraction of sp³-hybridized carbons (Fsp3) is 0.364. The van der Waals surface area contributed by atoms with Crippen LogP contribution in [0.15, 0.2) is 18.3 Å². The number of hydrogen-bond donors (Lipinski definition) is 0. The Kier molecular flexibility index (Phi) is 4.85. The summed E-state index contributed by atoms with van der Waals surface area (Å²) in [4.78, 5) is 26.0. The number of rotatable bonds is 5. The van der Waals surface area contributed by atoms with Gasteiger partial charge in [-0.3, -0.25) is 4.79 Å². The fourth-order valence-corrected chi connectivity index (χ4v) is 1.07. The van der Waals surface area contributed by atoms with Crippen LogP contribution < -0.4 is 4.74 Å². The van der Waals surface area contributed by atoms with E-state index in [-0.39, 0.29) is 18.1 Å². The molecule has 0 atom stereocenters. The molecule has 1 aromatic rings. The topological polar surface area (TPSA) is 65.5 Å². The van der Waals surface area contributed by atoms with Crippen LogP contribution in [0.3, 0.4) is 0 Å². The molecule has 0 aliphatic carbocycles. The molecular formula is C11H10F3NO4. The molecule has 8 heteroatoms. The third-order valence-electron chi connectivity index (χ3n) is 1.84. The number of aromatic nitrogens is 1. The van der Waals surface area contributed by atoms with Crippen LogP contribution in [0.1, 0.15) is 17.3 Å². The summed E-state index contributed by atoms with van der Waals surface area (Å²) in [5.74, 6) is -2.26. The van der Waals surface area contributed by atoms with Gasteiger partial charge in [0, 0.05) is 17.8 Å². The molecule has 1 aromatic heterocycles. The van der Waals surface area contributed by atoms with Gasteiger partial charge in [0.15, 0.2) is 6.61 Å². The van der Waals surface area contributed by atoms with E-state index in [1.54, 1.807) is 0 Å². The number of pyridine rings is 1. The Balaban J connectivity index is 2.66. The lowest BCUT2D eigenvalue weighted by Gasteiger charge is -2.08. The zero-order valence-corrected chi connectivity index (χ0v) is 9.86. The van der Waals surface area contributed by atoms with E-state index in [2.05, 4.69) is 14.5 Å². The normalized spacial score (nSPS) is 10.9. The lowest BCUT2D eigenvalue weighted by atomic mass is 10.2. The maximum Gasteiger partial charge on any atom is 0.422 e. The predicted molar refractivity (Wildman–Crippen MR) is 56.8 cm³/mol. The number of nitrogens with zero attached hydrogens (tertiary/aromatic N) is 1. The number of hydrogen-bond acceptors (Lipinski definition) is 5. The fourth-order valence-electron chi connectivity index (χ4n) is 1.07. The van der Waals surface area contributed by atoms with Crippen molar-refractivity contribution in [2.45, 2.75) is 13.1 Å². The molecule has 0 fully saturated rings. The van der Waals surface area contributed by atoms with Crippen molar-refractivity contribution < 1.29 is 32.2 Å². The molecule has 0 aromatic carbocycles. The van der Waals surface area contributed by atoms with Crippen molar-refractivity contribution in [1.29, 1.82) is 0 Å². The first-order valence-electron chi connectivity index (χ1n) is 5.20. The highest BCUT2D eigenvalue weighted by Gasteiger charge is 2.28. The molecule has 0 N–H and O–H groups in total. The number of esters is 1. The molecule has 0 saturated heterocycles. The average Bonchev–Trinajstić information content (AvgIpc) is 2.35. The number of ether oxygens (including phenoxy) is 2. The first-order chi connectivity index (χ1) is 8.83. The molecule has 5 nitrogen and oxygen atoms in total. The second-order valence-corrected chi connectivity index (χ2v) is 3.34. The van der Waals surface area contributed by atoms with Crippen molar-refractivity contribution >= 4 is 11.8 Å². The monoisotopic (exact) mass is 277 g/mol. The number of carbonyl (C=O) groups excluding carboxylic acids is 2. The van der Waals surface area contributed by atoms with Gasteiger partial charge in [-0.1, -0.05) is 0 Å². The molecule has 1 rings (SSSR count). The lowest BCUT2D eigenvalue weighted by molar-refractivity contribution is -0.154. The SMILES string of the molecule is CCOC(=O)C(=O)c1ccc(OCC(F)(F)F)nc1. The Bertz CT molecular complexity index is 456. The molecule has 104 valence electrons. The van der Waals surface area contributed by atoms with Crippen LogP contribution >= 0.6 is 0 Å². The van der Waals surface area contributed by atoms with Gasteiger partial charge in [-0.2, -0.15) is 13.2 Å². The lowest BCUT2D eigenvalue weighted by Crippen LogP contribution is -2.20. The quantitative estimate of drug-likeness (QED) is 0.466. The van der Waals surface area contributed by atoms with Gasteiger partial charge in [0.2, 0.25) is 5.88 Å². The van der Waals surface area contributed by atoms with E-state index in [4.69, 9.17) is 0 Å². The van der Waals surface area contributed by atoms with Gasteiger partial charge in [-0.25, -0.2) is 9.78 Å². The van der Waals surface area contributed by atoms with E-state index in [0.717, 1.165) is 18.3 Å². The number of ketones is 1. The summed E-state index contributed by atoms with van der Waals surface area (Å²) in [6.45, 7) is 0.105. The first-order valence-corrected chi connectivity index (χ1v) is 5.20. The standard InChI is InChI=1S/C11H10F3NO4/c1-2-18-10(17)9(16)7-3-4-8(15-5-7)19-6-11(12,13)14/h3-5H,2,6H2,1H3. The summed E-state index contributed by atoms with van der Waals surface area (Å²) in [7, 11) is 0. The molecule has 0 radical (unpaired) electrons. The van der Waals surface area contributed by atoms with Gasteiger partial charge in [0.1, 0.15) is 0 Å². The van der Waals surface area contributed by atoms with Gasteiger partial charge in [-0.05, 0) is 13.0 Å². The maximum atomic E-state index is 11.9. The molecule has 0 unspecified atom stereocenters. The second kappa shape index (κ2) is 6.17. The molecule has 1 heterocycles. The van der Waals surface area contributed by atoms with Crippen LogP contribution in [0.5, 0.6) is 5.88 Å². The van der Waals surface area contributed by atoms with Crippen LogP contribution in [0.4, 0.5) is 13.2 Å². The van der Waals surface area contributed by atoms with Gasteiger partial charge in [0.05, 0.1) is 6.61 Å². The van der Waals surface area contributed by atoms with E-state index in [1.807, 2.05) is 0 Å². The second-order valence-electron chi connectivity index (χ2n) is 3.34. The predicted octanol–water partition coefficient (Wildman–Crippen LogP) is 1.77. The first kappa shape index (κ1) is 14.9. The van der Waals surface area contributed by atoms with Crippen LogP contribution in [-0.4, -0.2) is 36.1 Å². The minimum Gasteiger partial charge on any atom is -0.468 e. The molecule has 0 aliphatic rings. The molecule has 0 saturated carbocycles. The van der Waals surface area contributed by atoms with Gasteiger partial charge < -0.3 is 9.47 Å². The third-order valence-corrected chi connectivity index (χ3v) is 1.84. The molecule has 0 bridgehead atoms. The number of Topliss-reactive ketones (excluding diaryl/α,β-unsaturated/α-hetero) is 1. The largest absolute Gasteiger partial charge is 0.468 e. The average molecular weight is 277 g/mol. The summed E-state index contributed by atoms with van der Waals surface area (Å²) in [5.41, 5.74) is -0.0854. The maximum absolute atomic E-state index is 11.9. The van der Waals surface area contributed by atoms with Gasteiger partial charge in [-0.15, -0.1) is 0 Å². The minimum absolute atomic E-state index is 0.0464. The number of carbonyl (C=O) groups is 2. The van der Waals surface area contributed by atoms with Crippen LogP contribution in [0.25, 0.3) is 0 Å². The molecule has 0 amide bonds. The van der Waals surface area contributed by atoms with Crippen LogP contribution in [-0.2, 0) is 9.53 Å². The van der Waals surface area contributed by atoms with E-state index in [0.29, 0.717) is 0 Å². The third kappa shape index (κ3) is 4.94. The number of alkyl halides is 3. The van der Waals surface area contributed by atoms with E-state index in [9.17, 15) is 22.8 Å². The van der Waals surface area contributed by atoms with Crippen molar-refractivity contribution in [2.75, 3.05) is 13.2 Å². The zero-order valence-electron chi connectivity index (χ0n) is 9.86. The van der Waals surface area contributed by atoms with Crippen LogP contribution in [0, 0.1) is 0 Å². The Hall–Kier alpha value is -2.12. The Morgan fingerprint density at radius 1 is 1.32 bits per heavy atom.